The molecule has 3 aliphatic carbocycles. The van der Waals surface area contributed by atoms with Crippen molar-refractivity contribution in [2.75, 3.05) is 13.2 Å². The van der Waals surface area contributed by atoms with Gasteiger partial charge in [-0.25, -0.2) is 0 Å². The summed E-state index contributed by atoms with van der Waals surface area (Å²) in [6.07, 6.45) is 12.9. The molecule has 3 aliphatic rings. The van der Waals surface area contributed by atoms with Crippen molar-refractivity contribution in [1.82, 2.24) is 10.2 Å². The number of aliphatic hydroxyl groups is 2. The van der Waals surface area contributed by atoms with E-state index in [0.29, 0.717) is 23.7 Å². The van der Waals surface area contributed by atoms with Crippen LogP contribution in [0.25, 0.3) is 0 Å². The SMILES string of the molecule is O=C(NCCO)C1=C[C@H](Oc2ccccc2I)[C@@H](O)[C@H](N(C(=O)CCC2CCCC2)C2CCCCCC2)C1. The Bertz CT molecular complexity index is 956. The Hall–Kier alpha value is -1.65. The van der Waals surface area contributed by atoms with Crippen molar-refractivity contribution in [2.24, 2.45) is 5.92 Å². The summed E-state index contributed by atoms with van der Waals surface area (Å²) in [5.41, 5.74) is 0.493. The van der Waals surface area contributed by atoms with Gasteiger partial charge in [-0.05, 0) is 66.0 Å². The fraction of sp³-hybridized carbons (Fsp3) is 0.667. The van der Waals surface area contributed by atoms with Crippen LogP contribution in [0.15, 0.2) is 35.9 Å². The van der Waals surface area contributed by atoms with E-state index in [4.69, 9.17) is 4.74 Å². The number of hydrogen-bond acceptors (Lipinski definition) is 5. The van der Waals surface area contributed by atoms with Crippen LogP contribution in [0.1, 0.15) is 83.5 Å². The lowest BCUT2D eigenvalue weighted by molar-refractivity contribution is -0.143. The van der Waals surface area contributed by atoms with Crippen molar-refractivity contribution in [3.63, 3.8) is 0 Å². The summed E-state index contributed by atoms with van der Waals surface area (Å²) >= 11 is 2.20. The van der Waals surface area contributed by atoms with Gasteiger partial charge < -0.3 is 25.2 Å². The van der Waals surface area contributed by atoms with E-state index in [0.717, 1.165) is 35.7 Å². The van der Waals surface area contributed by atoms with E-state index in [1.807, 2.05) is 29.2 Å². The summed E-state index contributed by atoms with van der Waals surface area (Å²) in [6.45, 7) is -0.000770. The molecule has 4 rings (SSSR count). The van der Waals surface area contributed by atoms with Crippen LogP contribution in [0.4, 0.5) is 0 Å². The van der Waals surface area contributed by atoms with Crippen molar-refractivity contribution < 1.29 is 24.5 Å². The van der Waals surface area contributed by atoms with Gasteiger partial charge in [0.15, 0.2) is 0 Å². The molecule has 8 heteroatoms. The van der Waals surface area contributed by atoms with Crippen LogP contribution < -0.4 is 10.1 Å². The highest BCUT2D eigenvalue weighted by molar-refractivity contribution is 14.1. The average molecular weight is 639 g/mol. The van der Waals surface area contributed by atoms with Crippen LogP contribution in [0.3, 0.4) is 0 Å². The number of halogens is 1. The van der Waals surface area contributed by atoms with E-state index in [9.17, 15) is 19.8 Å². The lowest BCUT2D eigenvalue weighted by atomic mass is 9.86. The van der Waals surface area contributed by atoms with Crippen molar-refractivity contribution in [1.29, 1.82) is 0 Å². The number of benzene rings is 1. The number of ether oxygens (including phenoxy) is 1. The van der Waals surface area contributed by atoms with Gasteiger partial charge in [0, 0.05) is 31.0 Å². The van der Waals surface area contributed by atoms with Crippen LogP contribution in [0.5, 0.6) is 5.75 Å². The number of aliphatic hydroxyl groups excluding tert-OH is 2. The van der Waals surface area contributed by atoms with Gasteiger partial charge in [0.1, 0.15) is 18.0 Å². The minimum absolute atomic E-state index is 0.0607. The predicted molar refractivity (Wildman–Crippen MR) is 156 cm³/mol. The number of nitrogens with one attached hydrogen (secondary N) is 1. The van der Waals surface area contributed by atoms with E-state index in [-0.39, 0.29) is 37.4 Å². The first-order valence-electron chi connectivity index (χ1n) is 14.5. The number of hydrogen-bond donors (Lipinski definition) is 3. The number of rotatable bonds is 10. The molecule has 0 heterocycles. The van der Waals surface area contributed by atoms with E-state index >= 15 is 0 Å². The molecule has 0 saturated heterocycles. The van der Waals surface area contributed by atoms with Gasteiger partial charge in [0.2, 0.25) is 11.8 Å². The van der Waals surface area contributed by atoms with Gasteiger partial charge in [0.05, 0.1) is 16.2 Å². The number of carbonyl (C=O) groups excluding carboxylic acids is 2. The minimum Gasteiger partial charge on any atom is -0.482 e. The highest BCUT2D eigenvalue weighted by atomic mass is 127. The molecule has 0 unspecified atom stereocenters. The van der Waals surface area contributed by atoms with Gasteiger partial charge >= 0.3 is 0 Å². The molecule has 210 valence electrons. The molecule has 0 aliphatic heterocycles. The van der Waals surface area contributed by atoms with Crippen molar-refractivity contribution in [3.8, 4) is 5.75 Å². The van der Waals surface area contributed by atoms with Crippen molar-refractivity contribution >= 4 is 34.4 Å². The summed E-state index contributed by atoms with van der Waals surface area (Å²) in [5.74, 6) is 1.06. The Morgan fingerprint density at radius 3 is 2.39 bits per heavy atom. The Morgan fingerprint density at radius 2 is 1.71 bits per heavy atom. The van der Waals surface area contributed by atoms with Crippen molar-refractivity contribution in [2.45, 2.75) is 108 Å². The number of amides is 2. The Labute approximate surface area is 240 Å². The number of para-hydroxylation sites is 1. The third-order valence-electron chi connectivity index (χ3n) is 8.42. The molecule has 0 spiro atoms. The van der Waals surface area contributed by atoms with E-state index in [1.165, 1.54) is 38.5 Å². The number of nitrogens with zero attached hydrogens (tertiary/aromatic N) is 1. The first kappa shape index (κ1) is 29.3. The van der Waals surface area contributed by atoms with Gasteiger partial charge in [0.25, 0.3) is 0 Å². The highest BCUT2D eigenvalue weighted by Gasteiger charge is 2.43. The molecule has 7 nitrogen and oxygen atoms in total. The molecule has 1 aromatic rings. The molecule has 38 heavy (non-hydrogen) atoms. The maximum atomic E-state index is 13.9. The lowest BCUT2D eigenvalue weighted by Gasteiger charge is -2.44. The molecule has 0 radical (unpaired) electrons. The van der Waals surface area contributed by atoms with Crippen LogP contribution in [-0.2, 0) is 9.59 Å². The average Bonchev–Trinajstić information content (AvgIpc) is 3.31. The van der Waals surface area contributed by atoms with E-state index in [1.54, 1.807) is 6.08 Å². The highest BCUT2D eigenvalue weighted by Crippen LogP contribution is 2.35. The third-order valence-corrected chi connectivity index (χ3v) is 9.31. The van der Waals surface area contributed by atoms with Crippen LogP contribution in [0, 0.1) is 9.49 Å². The monoisotopic (exact) mass is 638 g/mol. The molecule has 0 aromatic heterocycles. The van der Waals surface area contributed by atoms with Gasteiger partial charge in [-0.15, -0.1) is 0 Å². The van der Waals surface area contributed by atoms with Crippen LogP contribution in [0.2, 0.25) is 0 Å². The van der Waals surface area contributed by atoms with Gasteiger partial charge in [-0.2, -0.15) is 0 Å². The van der Waals surface area contributed by atoms with E-state index < -0.39 is 18.2 Å². The molecule has 3 N–H and O–H groups in total. The zero-order valence-corrected chi connectivity index (χ0v) is 24.5. The molecule has 1 aromatic carbocycles. The maximum absolute atomic E-state index is 13.9. The first-order valence-corrected chi connectivity index (χ1v) is 15.6. The van der Waals surface area contributed by atoms with E-state index in [2.05, 4.69) is 27.9 Å². The molecule has 3 atom stereocenters. The lowest BCUT2D eigenvalue weighted by Crippen LogP contribution is -2.58. The molecule has 2 amide bonds. The minimum atomic E-state index is -0.959. The maximum Gasteiger partial charge on any atom is 0.247 e. The summed E-state index contributed by atoms with van der Waals surface area (Å²) in [5, 5.41) is 23.7. The fourth-order valence-electron chi connectivity index (χ4n) is 6.39. The Balaban J connectivity index is 1.62. The standard InChI is InChI=1S/C30H43IN2O5/c31-24-13-7-8-14-26(24)38-27-20-22(30(37)32-17-18-34)19-25(29(27)36)33(23-11-3-1-2-4-12-23)28(35)16-15-21-9-5-6-10-21/h7-8,13-14,20-21,23,25,27,29,34,36H,1-6,9-12,15-19H2,(H,32,37)/t25-,27+,29+/m1/s1. The molecule has 2 fully saturated rings. The normalized spacial score (nSPS) is 24.9. The largest absolute Gasteiger partial charge is 0.482 e. The topological polar surface area (TPSA) is 99.1 Å². The summed E-state index contributed by atoms with van der Waals surface area (Å²) in [7, 11) is 0. The molecule has 2 saturated carbocycles. The second kappa shape index (κ2) is 14.7. The zero-order valence-electron chi connectivity index (χ0n) is 22.3. The predicted octanol–water partition coefficient (Wildman–Crippen LogP) is 4.73. The quantitative estimate of drug-likeness (QED) is 0.255. The molecular weight excluding hydrogens is 595 g/mol. The number of carbonyl (C=O) groups is 2. The second-order valence-corrected chi connectivity index (χ2v) is 12.2. The van der Waals surface area contributed by atoms with Crippen LogP contribution in [-0.4, -0.2) is 64.4 Å². The second-order valence-electron chi connectivity index (χ2n) is 11.1. The Kier molecular flexibility index (Phi) is 11.3. The summed E-state index contributed by atoms with van der Waals surface area (Å²) in [6, 6.07) is 7.12. The first-order chi connectivity index (χ1) is 18.5. The van der Waals surface area contributed by atoms with Gasteiger partial charge in [-0.3, -0.25) is 9.59 Å². The van der Waals surface area contributed by atoms with Crippen molar-refractivity contribution in [3.05, 3.63) is 39.5 Å². The summed E-state index contributed by atoms with van der Waals surface area (Å²) < 4.78 is 7.21. The Morgan fingerprint density at radius 1 is 1.03 bits per heavy atom. The molecular formula is C30H43IN2O5. The van der Waals surface area contributed by atoms with Crippen LogP contribution >= 0.6 is 22.6 Å². The molecule has 0 bridgehead atoms. The fourth-order valence-corrected chi connectivity index (χ4v) is 6.90. The zero-order chi connectivity index (χ0) is 26.9. The van der Waals surface area contributed by atoms with Gasteiger partial charge in [-0.1, -0.05) is 63.5 Å². The smallest absolute Gasteiger partial charge is 0.247 e. The third kappa shape index (κ3) is 7.72. The summed E-state index contributed by atoms with van der Waals surface area (Å²) in [4.78, 5) is 29.0.